The van der Waals surface area contributed by atoms with Gasteiger partial charge in [-0.1, -0.05) is 39.7 Å². The standard InChI is InChI=1S/C19H17BrClN3O2/c1-11-16(18(25)26-2)17(12-3-7-14(21)8-4-12)24-19(22-11)23-15-9-5-13(20)6-10-15/h3-10,17H,1-2H3,(H2,22,23,24)/t17-/m1/s1. The van der Waals surface area contributed by atoms with Crippen molar-refractivity contribution in [1.82, 2.24) is 5.32 Å². The summed E-state index contributed by atoms with van der Waals surface area (Å²) in [7, 11) is 1.36. The summed E-state index contributed by atoms with van der Waals surface area (Å²) in [6.07, 6.45) is 0. The number of methoxy groups -OCH3 is 1. The Hall–Kier alpha value is -2.31. The highest BCUT2D eigenvalue weighted by molar-refractivity contribution is 9.10. The molecular weight excluding hydrogens is 418 g/mol. The van der Waals surface area contributed by atoms with Crippen molar-refractivity contribution in [3.63, 3.8) is 0 Å². The van der Waals surface area contributed by atoms with Gasteiger partial charge < -0.3 is 15.4 Å². The topological polar surface area (TPSA) is 62.7 Å². The van der Waals surface area contributed by atoms with Crippen molar-refractivity contribution in [2.24, 2.45) is 4.99 Å². The van der Waals surface area contributed by atoms with Crippen LogP contribution in [0.25, 0.3) is 0 Å². The normalized spacial score (nSPS) is 16.6. The van der Waals surface area contributed by atoms with E-state index in [1.54, 1.807) is 12.1 Å². The molecule has 0 fully saturated rings. The fourth-order valence-corrected chi connectivity index (χ4v) is 3.06. The van der Waals surface area contributed by atoms with Crippen LogP contribution in [0.2, 0.25) is 5.02 Å². The molecule has 1 aliphatic heterocycles. The number of allylic oxidation sites excluding steroid dienone is 1. The predicted molar refractivity (Wildman–Crippen MR) is 107 cm³/mol. The van der Waals surface area contributed by atoms with Gasteiger partial charge in [0.2, 0.25) is 5.96 Å². The van der Waals surface area contributed by atoms with Crippen molar-refractivity contribution in [3.8, 4) is 0 Å². The Morgan fingerprint density at radius 1 is 1.19 bits per heavy atom. The van der Waals surface area contributed by atoms with Gasteiger partial charge in [-0.05, 0) is 48.9 Å². The van der Waals surface area contributed by atoms with Crippen molar-refractivity contribution in [3.05, 3.63) is 74.9 Å². The summed E-state index contributed by atoms with van der Waals surface area (Å²) in [4.78, 5) is 17.0. The SMILES string of the molecule is COC(=O)C1=C(C)NC(Nc2ccc(Br)cc2)=N[C@@H]1c1ccc(Cl)cc1. The summed E-state index contributed by atoms with van der Waals surface area (Å²) >= 11 is 9.40. The number of aliphatic imine (C=N–C) groups is 1. The molecule has 0 spiro atoms. The minimum atomic E-state index is -0.487. The molecule has 0 aromatic heterocycles. The summed E-state index contributed by atoms with van der Waals surface area (Å²) < 4.78 is 5.93. The summed E-state index contributed by atoms with van der Waals surface area (Å²) in [5, 5.41) is 6.99. The van der Waals surface area contributed by atoms with Gasteiger partial charge in [0.25, 0.3) is 0 Å². The van der Waals surface area contributed by atoms with Crippen LogP contribution in [0.15, 0.2) is 69.3 Å². The van der Waals surface area contributed by atoms with E-state index in [0.717, 1.165) is 15.7 Å². The molecule has 0 unspecified atom stereocenters. The van der Waals surface area contributed by atoms with Gasteiger partial charge in [-0.2, -0.15) is 0 Å². The van der Waals surface area contributed by atoms with Crippen LogP contribution in [0, 0.1) is 0 Å². The van der Waals surface area contributed by atoms with Crippen LogP contribution >= 0.6 is 27.5 Å². The van der Waals surface area contributed by atoms with Crippen molar-refractivity contribution in [2.75, 3.05) is 12.4 Å². The third-order valence-corrected chi connectivity index (χ3v) is 4.72. The van der Waals surface area contributed by atoms with Crippen LogP contribution in [0.1, 0.15) is 18.5 Å². The Bertz CT molecular complexity index is 877. The second-order valence-electron chi connectivity index (χ2n) is 5.72. The molecule has 3 rings (SSSR count). The van der Waals surface area contributed by atoms with Crippen LogP contribution in [-0.4, -0.2) is 19.0 Å². The van der Waals surface area contributed by atoms with Crippen molar-refractivity contribution < 1.29 is 9.53 Å². The number of guanidine groups is 1. The lowest BCUT2D eigenvalue weighted by Gasteiger charge is -2.26. The number of rotatable bonds is 3. The molecule has 0 radical (unpaired) electrons. The summed E-state index contributed by atoms with van der Waals surface area (Å²) in [5.74, 6) is 0.138. The molecule has 5 nitrogen and oxygen atoms in total. The molecule has 0 bridgehead atoms. The zero-order chi connectivity index (χ0) is 18.7. The van der Waals surface area contributed by atoms with E-state index in [9.17, 15) is 4.79 Å². The van der Waals surface area contributed by atoms with Gasteiger partial charge in [0.15, 0.2) is 0 Å². The Morgan fingerprint density at radius 3 is 2.46 bits per heavy atom. The lowest BCUT2D eigenvalue weighted by molar-refractivity contribution is -0.136. The monoisotopic (exact) mass is 433 g/mol. The number of nitrogens with zero attached hydrogens (tertiary/aromatic N) is 1. The molecule has 1 heterocycles. The molecule has 2 aromatic carbocycles. The molecule has 26 heavy (non-hydrogen) atoms. The average molecular weight is 435 g/mol. The summed E-state index contributed by atoms with van der Waals surface area (Å²) in [6.45, 7) is 1.83. The Kier molecular flexibility index (Phi) is 5.64. The number of hydrogen-bond donors (Lipinski definition) is 2. The third kappa shape index (κ3) is 4.08. The molecule has 134 valence electrons. The molecule has 1 aliphatic rings. The number of carbonyl (C=O) groups excluding carboxylic acids is 1. The molecule has 0 amide bonds. The molecule has 0 saturated carbocycles. The van der Waals surface area contributed by atoms with Gasteiger partial charge in [0.1, 0.15) is 6.04 Å². The zero-order valence-electron chi connectivity index (χ0n) is 14.2. The van der Waals surface area contributed by atoms with Crippen molar-refractivity contribution in [2.45, 2.75) is 13.0 Å². The van der Waals surface area contributed by atoms with Crippen molar-refractivity contribution in [1.29, 1.82) is 0 Å². The molecular formula is C19H17BrClN3O2. The van der Waals surface area contributed by atoms with E-state index < -0.39 is 12.0 Å². The van der Waals surface area contributed by atoms with Gasteiger partial charge in [0, 0.05) is 20.9 Å². The van der Waals surface area contributed by atoms with Crippen LogP contribution in [0.4, 0.5) is 5.69 Å². The minimum absolute atomic E-state index is 0.415. The number of ether oxygens (including phenoxy) is 1. The second-order valence-corrected chi connectivity index (χ2v) is 7.07. The number of carbonyl (C=O) groups is 1. The van der Waals surface area contributed by atoms with E-state index in [1.807, 2.05) is 43.3 Å². The minimum Gasteiger partial charge on any atom is -0.466 e. The predicted octanol–water partition coefficient (Wildman–Crippen LogP) is 4.66. The fraction of sp³-hybridized carbons (Fsp3) is 0.158. The van der Waals surface area contributed by atoms with Gasteiger partial charge in [-0.25, -0.2) is 9.79 Å². The third-order valence-electron chi connectivity index (χ3n) is 3.94. The number of benzene rings is 2. The highest BCUT2D eigenvalue weighted by Crippen LogP contribution is 2.32. The lowest BCUT2D eigenvalue weighted by atomic mass is 9.96. The van der Waals surface area contributed by atoms with Crippen LogP contribution < -0.4 is 10.6 Å². The molecule has 2 N–H and O–H groups in total. The molecule has 0 aliphatic carbocycles. The van der Waals surface area contributed by atoms with E-state index in [-0.39, 0.29) is 0 Å². The fourth-order valence-electron chi connectivity index (χ4n) is 2.67. The number of hydrogen-bond acceptors (Lipinski definition) is 5. The van der Waals surface area contributed by atoms with Crippen molar-refractivity contribution >= 4 is 45.1 Å². The highest BCUT2D eigenvalue weighted by Gasteiger charge is 2.30. The average Bonchev–Trinajstić information content (AvgIpc) is 2.63. The summed E-state index contributed by atoms with van der Waals surface area (Å²) in [6, 6.07) is 14.5. The second kappa shape index (κ2) is 7.93. The maximum Gasteiger partial charge on any atom is 0.338 e. The molecule has 1 atom stereocenters. The van der Waals surface area contributed by atoms with E-state index in [1.165, 1.54) is 7.11 Å². The number of nitrogens with one attached hydrogen (secondary N) is 2. The first kappa shape index (κ1) is 18.5. The van der Waals surface area contributed by atoms with Gasteiger partial charge in [-0.3, -0.25) is 0 Å². The molecule has 7 heteroatoms. The number of anilines is 1. The first-order valence-electron chi connectivity index (χ1n) is 7.90. The lowest BCUT2D eigenvalue weighted by Crippen LogP contribution is -2.36. The maximum atomic E-state index is 12.3. The van der Waals surface area contributed by atoms with Crippen LogP contribution in [0.3, 0.4) is 0 Å². The molecule has 2 aromatic rings. The quantitative estimate of drug-likeness (QED) is 0.690. The Labute approximate surface area is 165 Å². The summed E-state index contributed by atoms with van der Waals surface area (Å²) in [5.41, 5.74) is 2.89. The first-order valence-corrected chi connectivity index (χ1v) is 9.07. The van der Waals surface area contributed by atoms with Crippen LogP contribution in [0.5, 0.6) is 0 Å². The Morgan fingerprint density at radius 2 is 1.85 bits per heavy atom. The van der Waals surface area contributed by atoms with E-state index in [4.69, 9.17) is 16.3 Å². The van der Waals surface area contributed by atoms with Gasteiger partial charge in [0.05, 0.1) is 12.7 Å². The smallest absolute Gasteiger partial charge is 0.338 e. The molecule has 0 saturated heterocycles. The highest BCUT2D eigenvalue weighted by atomic mass is 79.9. The van der Waals surface area contributed by atoms with E-state index in [0.29, 0.717) is 22.3 Å². The first-order chi connectivity index (χ1) is 12.5. The number of esters is 1. The van der Waals surface area contributed by atoms with E-state index in [2.05, 4.69) is 31.6 Å². The Balaban J connectivity index is 1.96. The maximum absolute atomic E-state index is 12.3. The number of halogens is 2. The largest absolute Gasteiger partial charge is 0.466 e. The van der Waals surface area contributed by atoms with Gasteiger partial charge in [-0.15, -0.1) is 0 Å². The van der Waals surface area contributed by atoms with Gasteiger partial charge >= 0.3 is 5.97 Å². The zero-order valence-corrected chi connectivity index (χ0v) is 16.6. The van der Waals surface area contributed by atoms with E-state index >= 15 is 0 Å². The van der Waals surface area contributed by atoms with Crippen LogP contribution in [-0.2, 0) is 9.53 Å².